The SMILES string of the molecule is Cn1cc(C(=O)c2ccc(F)c(N)c2)c(=O)n(C)c1=O. The van der Waals surface area contributed by atoms with Crippen LogP contribution in [0.2, 0.25) is 0 Å². The van der Waals surface area contributed by atoms with Gasteiger partial charge in [-0.05, 0) is 18.2 Å². The zero-order valence-electron chi connectivity index (χ0n) is 10.9. The van der Waals surface area contributed by atoms with Crippen LogP contribution in [-0.4, -0.2) is 14.9 Å². The number of carbonyl (C=O) groups excluding carboxylic acids is 1. The molecule has 0 bridgehead atoms. The number of hydrogen-bond donors (Lipinski definition) is 1. The summed E-state index contributed by atoms with van der Waals surface area (Å²) < 4.78 is 15.0. The lowest BCUT2D eigenvalue weighted by Gasteiger charge is -2.06. The number of ketones is 1. The van der Waals surface area contributed by atoms with Gasteiger partial charge in [-0.15, -0.1) is 0 Å². The van der Waals surface area contributed by atoms with Crippen LogP contribution in [-0.2, 0) is 14.1 Å². The molecule has 0 atom stereocenters. The zero-order valence-corrected chi connectivity index (χ0v) is 10.9. The van der Waals surface area contributed by atoms with E-state index in [0.717, 1.165) is 27.5 Å². The van der Waals surface area contributed by atoms with E-state index in [4.69, 9.17) is 5.73 Å². The zero-order chi connectivity index (χ0) is 15.0. The summed E-state index contributed by atoms with van der Waals surface area (Å²) in [6, 6.07) is 3.44. The summed E-state index contributed by atoms with van der Waals surface area (Å²) in [7, 11) is 2.71. The number of halogens is 1. The fraction of sp³-hybridized carbons (Fsp3) is 0.154. The largest absolute Gasteiger partial charge is 0.396 e. The molecular weight excluding hydrogens is 265 g/mol. The first-order valence-corrected chi connectivity index (χ1v) is 5.69. The van der Waals surface area contributed by atoms with Crippen LogP contribution in [0.15, 0.2) is 34.0 Å². The Morgan fingerprint density at radius 2 is 1.90 bits per heavy atom. The van der Waals surface area contributed by atoms with Crippen molar-refractivity contribution in [2.24, 2.45) is 14.1 Å². The van der Waals surface area contributed by atoms with E-state index in [1.54, 1.807) is 0 Å². The maximum absolute atomic E-state index is 13.1. The topological polar surface area (TPSA) is 87.1 Å². The van der Waals surface area contributed by atoms with Crippen LogP contribution in [0.25, 0.3) is 0 Å². The van der Waals surface area contributed by atoms with Gasteiger partial charge in [0.15, 0.2) is 5.78 Å². The van der Waals surface area contributed by atoms with Gasteiger partial charge in [-0.25, -0.2) is 9.18 Å². The van der Waals surface area contributed by atoms with Crippen molar-refractivity contribution in [1.29, 1.82) is 0 Å². The van der Waals surface area contributed by atoms with Gasteiger partial charge in [-0.2, -0.15) is 0 Å². The van der Waals surface area contributed by atoms with E-state index in [2.05, 4.69) is 0 Å². The molecule has 0 aliphatic carbocycles. The number of rotatable bonds is 2. The highest BCUT2D eigenvalue weighted by Gasteiger charge is 2.17. The van der Waals surface area contributed by atoms with E-state index >= 15 is 0 Å². The molecule has 20 heavy (non-hydrogen) atoms. The molecule has 0 aliphatic heterocycles. The van der Waals surface area contributed by atoms with E-state index in [-0.39, 0.29) is 16.8 Å². The van der Waals surface area contributed by atoms with Gasteiger partial charge < -0.3 is 10.3 Å². The molecule has 0 unspecified atom stereocenters. The average Bonchev–Trinajstić information content (AvgIpc) is 2.43. The number of aryl methyl sites for hydroxylation is 1. The first kappa shape index (κ1) is 13.7. The van der Waals surface area contributed by atoms with Crippen LogP contribution in [0, 0.1) is 5.82 Å². The molecule has 0 fully saturated rings. The number of nitrogens with two attached hydrogens (primary N) is 1. The molecule has 2 rings (SSSR count). The van der Waals surface area contributed by atoms with Crippen molar-refractivity contribution < 1.29 is 9.18 Å². The highest BCUT2D eigenvalue weighted by molar-refractivity contribution is 6.09. The Kier molecular flexibility index (Phi) is 3.27. The van der Waals surface area contributed by atoms with Crippen molar-refractivity contribution >= 4 is 11.5 Å². The average molecular weight is 277 g/mol. The smallest absolute Gasteiger partial charge is 0.330 e. The van der Waals surface area contributed by atoms with Crippen LogP contribution < -0.4 is 17.0 Å². The lowest BCUT2D eigenvalue weighted by Crippen LogP contribution is -2.39. The number of benzene rings is 1. The number of aromatic nitrogens is 2. The molecule has 1 aromatic carbocycles. The van der Waals surface area contributed by atoms with Gasteiger partial charge in [-0.3, -0.25) is 14.2 Å². The second-order valence-electron chi connectivity index (χ2n) is 4.37. The molecule has 0 saturated carbocycles. The monoisotopic (exact) mass is 277 g/mol. The van der Waals surface area contributed by atoms with E-state index in [0.29, 0.717) is 0 Å². The Bertz CT molecular complexity index is 821. The standard InChI is InChI=1S/C13H12FN3O3/c1-16-6-8(12(19)17(2)13(16)20)11(18)7-3-4-9(14)10(15)5-7/h3-6H,15H2,1-2H3. The molecule has 0 aliphatic rings. The molecule has 0 radical (unpaired) electrons. The van der Waals surface area contributed by atoms with Gasteiger partial charge in [-0.1, -0.05) is 0 Å². The third-order valence-electron chi connectivity index (χ3n) is 2.95. The maximum Gasteiger partial charge on any atom is 0.330 e. The van der Waals surface area contributed by atoms with Crippen molar-refractivity contribution in [3.05, 3.63) is 62.2 Å². The Balaban J connectivity index is 2.62. The second kappa shape index (κ2) is 4.76. The van der Waals surface area contributed by atoms with Gasteiger partial charge in [0.1, 0.15) is 11.4 Å². The van der Waals surface area contributed by atoms with Gasteiger partial charge >= 0.3 is 5.69 Å². The highest BCUT2D eigenvalue weighted by Crippen LogP contribution is 2.14. The highest BCUT2D eigenvalue weighted by atomic mass is 19.1. The number of carbonyl (C=O) groups is 1. The quantitative estimate of drug-likeness (QED) is 0.620. The molecular formula is C13H12FN3O3. The molecule has 7 heteroatoms. The third-order valence-corrected chi connectivity index (χ3v) is 2.95. The fourth-order valence-electron chi connectivity index (χ4n) is 1.80. The summed E-state index contributed by atoms with van der Waals surface area (Å²) in [6.07, 6.45) is 1.16. The van der Waals surface area contributed by atoms with E-state index < -0.39 is 22.8 Å². The number of anilines is 1. The van der Waals surface area contributed by atoms with E-state index in [9.17, 15) is 18.8 Å². The van der Waals surface area contributed by atoms with Gasteiger partial charge in [0.05, 0.1) is 5.69 Å². The van der Waals surface area contributed by atoms with Crippen LogP contribution in [0.5, 0.6) is 0 Å². The molecule has 2 aromatic rings. The molecule has 0 amide bonds. The molecule has 0 saturated heterocycles. The lowest BCUT2D eigenvalue weighted by molar-refractivity contribution is 0.103. The molecule has 1 heterocycles. The Morgan fingerprint density at radius 1 is 1.25 bits per heavy atom. The summed E-state index contributed by atoms with van der Waals surface area (Å²) in [5, 5.41) is 0. The van der Waals surface area contributed by atoms with Crippen LogP contribution in [0.1, 0.15) is 15.9 Å². The molecule has 6 nitrogen and oxygen atoms in total. The maximum atomic E-state index is 13.1. The minimum Gasteiger partial charge on any atom is -0.396 e. The van der Waals surface area contributed by atoms with Crippen LogP contribution >= 0.6 is 0 Å². The first-order chi connectivity index (χ1) is 9.32. The molecule has 104 valence electrons. The first-order valence-electron chi connectivity index (χ1n) is 5.69. The number of nitrogens with zero attached hydrogens (tertiary/aromatic N) is 2. The van der Waals surface area contributed by atoms with Crippen molar-refractivity contribution in [2.45, 2.75) is 0 Å². The minimum atomic E-state index is -0.707. The molecule has 2 N–H and O–H groups in total. The van der Waals surface area contributed by atoms with Crippen molar-refractivity contribution in [2.75, 3.05) is 5.73 Å². The lowest BCUT2D eigenvalue weighted by atomic mass is 10.1. The van der Waals surface area contributed by atoms with E-state index in [1.165, 1.54) is 20.2 Å². The molecule has 0 spiro atoms. The van der Waals surface area contributed by atoms with Crippen molar-refractivity contribution in [3.8, 4) is 0 Å². The number of nitrogen functional groups attached to an aromatic ring is 1. The molecule has 1 aromatic heterocycles. The van der Waals surface area contributed by atoms with E-state index in [1.807, 2.05) is 0 Å². The summed E-state index contributed by atoms with van der Waals surface area (Å²) in [5.74, 6) is -1.26. The summed E-state index contributed by atoms with van der Waals surface area (Å²) in [6.45, 7) is 0. The summed E-state index contributed by atoms with van der Waals surface area (Å²) in [5.41, 5.74) is 3.87. The van der Waals surface area contributed by atoms with Gasteiger partial charge in [0.2, 0.25) is 0 Å². The normalized spacial score (nSPS) is 10.6. The third kappa shape index (κ3) is 2.13. The second-order valence-corrected chi connectivity index (χ2v) is 4.37. The van der Waals surface area contributed by atoms with Gasteiger partial charge in [0, 0.05) is 25.9 Å². The predicted octanol–water partition coefficient (Wildman–Crippen LogP) is 0.0363. The predicted molar refractivity (Wildman–Crippen MR) is 71.2 cm³/mol. The van der Waals surface area contributed by atoms with Crippen LogP contribution in [0.3, 0.4) is 0 Å². The minimum absolute atomic E-state index is 0.0830. The fourth-order valence-corrected chi connectivity index (χ4v) is 1.80. The van der Waals surface area contributed by atoms with Crippen molar-refractivity contribution in [1.82, 2.24) is 9.13 Å². The van der Waals surface area contributed by atoms with Crippen LogP contribution in [0.4, 0.5) is 10.1 Å². The summed E-state index contributed by atoms with van der Waals surface area (Å²) >= 11 is 0. The van der Waals surface area contributed by atoms with Gasteiger partial charge in [0.25, 0.3) is 5.56 Å². The Labute approximate surface area is 112 Å². The summed E-state index contributed by atoms with van der Waals surface area (Å²) in [4.78, 5) is 35.7. The Hall–Kier alpha value is -2.70. The number of hydrogen-bond acceptors (Lipinski definition) is 4. The van der Waals surface area contributed by atoms with Crippen molar-refractivity contribution in [3.63, 3.8) is 0 Å². The Morgan fingerprint density at radius 3 is 2.50 bits per heavy atom.